The predicted molar refractivity (Wildman–Crippen MR) is 111 cm³/mol. The number of thiophene rings is 1. The Kier molecular flexibility index (Phi) is 5.04. The largest absolute Gasteiger partial charge is 0.493 e. The quantitative estimate of drug-likeness (QED) is 0.696. The number of urea groups is 1. The van der Waals surface area contributed by atoms with Crippen molar-refractivity contribution >= 4 is 33.3 Å². The highest BCUT2D eigenvalue weighted by Gasteiger charge is 2.19. The Hall–Kier alpha value is -2.87. The number of fused-ring (bicyclic) bond motifs is 1. The molecule has 3 heterocycles. The van der Waals surface area contributed by atoms with Gasteiger partial charge in [0.15, 0.2) is 0 Å². The maximum Gasteiger partial charge on any atom is 0.321 e. The van der Waals surface area contributed by atoms with Crippen LogP contribution in [0.15, 0.2) is 28.4 Å². The Morgan fingerprint density at radius 3 is 2.89 bits per heavy atom. The number of aromatic amines is 1. The summed E-state index contributed by atoms with van der Waals surface area (Å²) in [6.45, 7) is 5.83. The lowest BCUT2D eigenvalue weighted by molar-refractivity contribution is 0.222. The molecule has 1 aliphatic heterocycles. The van der Waals surface area contributed by atoms with Crippen molar-refractivity contribution in [1.29, 1.82) is 0 Å². The molecular formula is C20H22N4O3S. The van der Waals surface area contributed by atoms with Crippen LogP contribution < -0.4 is 15.6 Å². The predicted octanol–water partition coefficient (Wildman–Crippen LogP) is 3.99. The molecule has 0 saturated carbocycles. The van der Waals surface area contributed by atoms with Gasteiger partial charge < -0.3 is 19.9 Å². The molecule has 3 aromatic rings. The first-order chi connectivity index (χ1) is 13.6. The van der Waals surface area contributed by atoms with Gasteiger partial charge in [-0.05, 0) is 55.8 Å². The van der Waals surface area contributed by atoms with Crippen molar-refractivity contribution in [1.82, 2.24) is 14.9 Å². The summed E-state index contributed by atoms with van der Waals surface area (Å²) in [5.41, 5.74) is 2.02. The van der Waals surface area contributed by atoms with Crippen molar-refractivity contribution in [2.24, 2.45) is 0 Å². The van der Waals surface area contributed by atoms with E-state index in [-0.39, 0.29) is 11.6 Å². The lowest BCUT2D eigenvalue weighted by Crippen LogP contribution is -2.32. The van der Waals surface area contributed by atoms with Crippen LogP contribution in [-0.4, -0.2) is 40.6 Å². The van der Waals surface area contributed by atoms with E-state index >= 15 is 0 Å². The molecule has 2 amide bonds. The molecule has 28 heavy (non-hydrogen) atoms. The highest BCUT2D eigenvalue weighted by molar-refractivity contribution is 7.16. The van der Waals surface area contributed by atoms with Gasteiger partial charge in [-0.2, -0.15) is 0 Å². The number of aromatic nitrogens is 2. The minimum atomic E-state index is -0.173. The third-order valence-corrected chi connectivity index (χ3v) is 5.80. The van der Waals surface area contributed by atoms with E-state index in [1.165, 1.54) is 11.3 Å². The molecule has 1 fully saturated rings. The number of nitrogens with one attached hydrogen (secondary N) is 2. The van der Waals surface area contributed by atoms with E-state index in [0.29, 0.717) is 39.6 Å². The number of carbonyl (C=O) groups excluding carboxylic acids is 1. The molecule has 1 saturated heterocycles. The Balaban J connectivity index is 1.73. The summed E-state index contributed by atoms with van der Waals surface area (Å²) < 4.78 is 5.73. The molecule has 0 aliphatic carbocycles. The summed E-state index contributed by atoms with van der Waals surface area (Å²) in [6, 6.07) is 5.28. The zero-order chi connectivity index (χ0) is 19.7. The van der Waals surface area contributed by atoms with Crippen LogP contribution in [0.25, 0.3) is 21.6 Å². The molecule has 1 aromatic carbocycles. The highest BCUT2D eigenvalue weighted by atomic mass is 32.1. The van der Waals surface area contributed by atoms with Gasteiger partial charge in [-0.15, -0.1) is 11.3 Å². The van der Waals surface area contributed by atoms with E-state index in [2.05, 4.69) is 15.3 Å². The second-order valence-corrected chi connectivity index (χ2v) is 7.64. The van der Waals surface area contributed by atoms with E-state index in [1.807, 2.05) is 19.2 Å². The van der Waals surface area contributed by atoms with Crippen LogP contribution >= 0.6 is 11.3 Å². The third kappa shape index (κ3) is 3.47. The minimum Gasteiger partial charge on any atom is -0.493 e. The number of anilines is 1. The summed E-state index contributed by atoms with van der Waals surface area (Å²) in [5.74, 6) is 1.04. The van der Waals surface area contributed by atoms with E-state index in [4.69, 9.17) is 4.74 Å². The third-order valence-electron chi connectivity index (χ3n) is 4.81. The number of carbonyl (C=O) groups is 1. The lowest BCUT2D eigenvalue weighted by atomic mass is 10.1. The molecular weight excluding hydrogens is 376 g/mol. The van der Waals surface area contributed by atoms with Crippen molar-refractivity contribution in [3.63, 3.8) is 0 Å². The maximum atomic E-state index is 12.6. The molecule has 4 rings (SSSR count). The molecule has 0 bridgehead atoms. The van der Waals surface area contributed by atoms with Crippen LogP contribution in [-0.2, 0) is 0 Å². The number of H-pyrrole nitrogens is 1. The average molecular weight is 398 g/mol. The fourth-order valence-corrected chi connectivity index (χ4v) is 4.33. The molecule has 2 aromatic heterocycles. The van der Waals surface area contributed by atoms with Gasteiger partial charge in [0.1, 0.15) is 16.4 Å². The number of amides is 2. The van der Waals surface area contributed by atoms with Gasteiger partial charge in [0.25, 0.3) is 5.56 Å². The molecule has 2 N–H and O–H groups in total. The Labute approximate surface area is 166 Å². The van der Waals surface area contributed by atoms with Gasteiger partial charge in [-0.25, -0.2) is 9.78 Å². The van der Waals surface area contributed by atoms with Gasteiger partial charge >= 0.3 is 6.03 Å². The second kappa shape index (κ2) is 7.63. The topological polar surface area (TPSA) is 87.3 Å². The smallest absolute Gasteiger partial charge is 0.321 e. The first-order valence-electron chi connectivity index (χ1n) is 9.38. The molecule has 0 radical (unpaired) electrons. The van der Waals surface area contributed by atoms with E-state index in [9.17, 15) is 9.59 Å². The second-order valence-electron chi connectivity index (χ2n) is 6.78. The number of benzene rings is 1. The zero-order valence-electron chi connectivity index (χ0n) is 15.9. The number of likely N-dealkylation sites (tertiary alicyclic amines) is 1. The Bertz CT molecular complexity index is 1080. The summed E-state index contributed by atoms with van der Waals surface area (Å²) in [5, 5.41) is 5.47. The molecule has 0 spiro atoms. The maximum absolute atomic E-state index is 12.6. The van der Waals surface area contributed by atoms with Crippen molar-refractivity contribution in [3.8, 4) is 17.1 Å². The fourth-order valence-electron chi connectivity index (χ4n) is 3.41. The average Bonchev–Trinajstić information content (AvgIpc) is 3.33. The monoisotopic (exact) mass is 398 g/mol. The van der Waals surface area contributed by atoms with E-state index in [1.54, 1.807) is 23.1 Å². The van der Waals surface area contributed by atoms with Crippen molar-refractivity contribution in [3.05, 3.63) is 39.5 Å². The van der Waals surface area contributed by atoms with Crippen LogP contribution in [0.3, 0.4) is 0 Å². The number of rotatable bonds is 4. The van der Waals surface area contributed by atoms with Crippen LogP contribution in [0.1, 0.15) is 25.3 Å². The van der Waals surface area contributed by atoms with E-state index < -0.39 is 0 Å². The van der Waals surface area contributed by atoms with Gasteiger partial charge in [-0.3, -0.25) is 4.79 Å². The van der Waals surface area contributed by atoms with Crippen LogP contribution in [0.2, 0.25) is 0 Å². The number of hydrogen-bond acceptors (Lipinski definition) is 5. The fraction of sp³-hybridized carbons (Fsp3) is 0.350. The van der Waals surface area contributed by atoms with Gasteiger partial charge in [0.2, 0.25) is 0 Å². The first kappa shape index (κ1) is 18.5. The Morgan fingerprint density at radius 1 is 1.36 bits per heavy atom. The molecule has 7 nitrogen and oxygen atoms in total. The van der Waals surface area contributed by atoms with Gasteiger partial charge in [0, 0.05) is 18.8 Å². The summed E-state index contributed by atoms with van der Waals surface area (Å²) in [7, 11) is 0. The van der Waals surface area contributed by atoms with Gasteiger partial charge in [-0.1, -0.05) is 0 Å². The van der Waals surface area contributed by atoms with Crippen LogP contribution in [0.4, 0.5) is 10.5 Å². The molecule has 8 heteroatoms. The lowest BCUT2D eigenvalue weighted by Gasteiger charge is -2.17. The minimum absolute atomic E-state index is 0.113. The molecule has 1 aliphatic rings. The summed E-state index contributed by atoms with van der Waals surface area (Å²) in [4.78, 5) is 35.0. The highest BCUT2D eigenvalue weighted by Crippen LogP contribution is 2.32. The number of aryl methyl sites for hydroxylation is 1. The van der Waals surface area contributed by atoms with E-state index in [0.717, 1.165) is 31.5 Å². The molecule has 146 valence electrons. The van der Waals surface area contributed by atoms with Crippen molar-refractivity contribution < 1.29 is 9.53 Å². The Morgan fingerprint density at radius 2 is 2.14 bits per heavy atom. The normalized spacial score (nSPS) is 13.9. The number of ether oxygens (including phenoxy) is 1. The SMILES string of the molecule is CCOc1ccc(NC(=O)N2CCCC2)cc1-c1nc2scc(C)c2c(=O)[nH]1. The first-order valence-corrected chi connectivity index (χ1v) is 10.3. The van der Waals surface area contributed by atoms with Crippen molar-refractivity contribution in [2.75, 3.05) is 25.0 Å². The summed E-state index contributed by atoms with van der Waals surface area (Å²) in [6.07, 6.45) is 2.07. The van der Waals surface area contributed by atoms with Crippen LogP contribution in [0, 0.1) is 6.92 Å². The number of nitrogens with zero attached hydrogens (tertiary/aromatic N) is 2. The zero-order valence-corrected chi connectivity index (χ0v) is 16.7. The molecule has 0 atom stereocenters. The standard InChI is InChI=1S/C20H22N4O3S/c1-3-27-15-7-6-13(21-20(26)24-8-4-5-9-24)10-14(15)17-22-18(25)16-12(2)11-28-19(16)23-17/h6-7,10-11H,3-5,8-9H2,1-2H3,(H,21,26)(H,22,23,25). The van der Waals surface area contributed by atoms with Crippen molar-refractivity contribution in [2.45, 2.75) is 26.7 Å². The molecule has 0 unspecified atom stereocenters. The van der Waals surface area contributed by atoms with Crippen LogP contribution in [0.5, 0.6) is 5.75 Å². The number of hydrogen-bond donors (Lipinski definition) is 2. The summed E-state index contributed by atoms with van der Waals surface area (Å²) >= 11 is 1.44. The van der Waals surface area contributed by atoms with Gasteiger partial charge in [0.05, 0.1) is 17.6 Å².